The van der Waals surface area contributed by atoms with Crippen molar-refractivity contribution in [3.63, 3.8) is 0 Å². The lowest BCUT2D eigenvalue weighted by Gasteiger charge is -2.12. The summed E-state index contributed by atoms with van der Waals surface area (Å²) >= 11 is 0. The first-order valence-corrected chi connectivity index (χ1v) is 8.08. The molecule has 23 heavy (non-hydrogen) atoms. The number of carbonyl (C=O) groups is 1. The Bertz CT molecular complexity index is 697. The van der Waals surface area contributed by atoms with E-state index in [1.54, 1.807) is 12.4 Å². The lowest BCUT2D eigenvalue weighted by molar-refractivity contribution is 0.0936. The van der Waals surface area contributed by atoms with Gasteiger partial charge in [-0.1, -0.05) is 0 Å². The van der Waals surface area contributed by atoms with Crippen LogP contribution in [0.25, 0.3) is 0 Å². The van der Waals surface area contributed by atoms with Crippen LogP contribution in [0.3, 0.4) is 0 Å². The molecule has 0 bridgehead atoms. The fourth-order valence-corrected chi connectivity index (χ4v) is 3.08. The number of fused-ring (bicyclic) bond motifs is 1. The zero-order valence-corrected chi connectivity index (χ0v) is 13.5. The first kappa shape index (κ1) is 15.5. The fourth-order valence-electron chi connectivity index (χ4n) is 3.08. The predicted octanol–water partition coefficient (Wildman–Crippen LogP) is 3.48. The Balaban J connectivity index is 1.86. The smallest absolute Gasteiger partial charge is 0.167 e. The number of hydrogen-bond donors (Lipinski definition) is 0. The molecule has 0 fully saturated rings. The molecule has 1 atom stereocenters. The maximum atomic E-state index is 12.7. The van der Waals surface area contributed by atoms with Gasteiger partial charge in [-0.3, -0.25) is 9.78 Å². The monoisotopic (exact) mass is 311 g/mol. The second kappa shape index (κ2) is 6.82. The van der Waals surface area contributed by atoms with E-state index in [0.29, 0.717) is 19.0 Å². The van der Waals surface area contributed by atoms with Crippen LogP contribution in [-0.2, 0) is 12.8 Å². The van der Waals surface area contributed by atoms with Crippen molar-refractivity contribution in [3.8, 4) is 11.5 Å². The van der Waals surface area contributed by atoms with Crippen molar-refractivity contribution in [2.45, 2.75) is 26.7 Å². The van der Waals surface area contributed by atoms with Crippen LogP contribution in [-0.4, -0.2) is 24.0 Å². The van der Waals surface area contributed by atoms with Crippen molar-refractivity contribution < 1.29 is 14.3 Å². The molecule has 4 heteroatoms. The Morgan fingerprint density at radius 2 is 1.74 bits per heavy atom. The molecule has 120 valence electrons. The topological polar surface area (TPSA) is 48.4 Å². The van der Waals surface area contributed by atoms with Gasteiger partial charge in [0.2, 0.25) is 0 Å². The van der Waals surface area contributed by atoms with Crippen LogP contribution in [0.1, 0.15) is 35.3 Å². The summed E-state index contributed by atoms with van der Waals surface area (Å²) in [6, 6.07) is 7.74. The van der Waals surface area contributed by atoms with Crippen LogP contribution in [0.15, 0.2) is 36.7 Å². The number of rotatable bonds is 6. The van der Waals surface area contributed by atoms with Gasteiger partial charge in [-0.25, -0.2) is 0 Å². The minimum atomic E-state index is -0.0150. The highest BCUT2D eigenvalue weighted by Gasteiger charge is 2.32. The molecule has 0 aliphatic heterocycles. The number of Topliss-reactive ketones (excluding diaryl/α,β-unsaturated/α-hetero) is 1. The van der Waals surface area contributed by atoms with Gasteiger partial charge in [-0.2, -0.15) is 0 Å². The molecule has 0 saturated heterocycles. The van der Waals surface area contributed by atoms with E-state index in [9.17, 15) is 4.79 Å². The summed E-state index contributed by atoms with van der Waals surface area (Å²) in [4.78, 5) is 16.7. The molecule has 0 spiro atoms. The molecular formula is C19H21NO3. The molecule has 1 aliphatic rings. The molecule has 1 aromatic heterocycles. The summed E-state index contributed by atoms with van der Waals surface area (Å²) in [5.41, 5.74) is 2.97. The van der Waals surface area contributed by atoms with Gasteiger partial charge in [0.1, 0.15) is 0 Å². The van der Waals surface area contributed by atoms with E-state index in [1.165, 1.54) is 0 Å². The van der Waals surface area contributed by atoms with Crippen molar-refractivity contribution in [1.82, 2.24) is 4.98 Å². The first-order chi connectivity index (χ1) is 11.2. The highest BCUT2D eigenvalue weighted by atomic mass is 16.5. The number of hydrogen-bond acceptors (Lipinski definition) is 4. The van der Waals surface area contributed by atoms with Gasteiger partial charge in [0.05, 0.1) is 13.2 Å². The average Bonchev–Trinajstić information content (AvgIpc) is 2.85. The molecular weight excluding hydrogens is 290 g/mol. The summed E-state index contributed by atoms with van der Waals surface area (Å²) in [5, 5.41) is 0. The molecule has 4 nitrogen and oxygen atoms in total. The van der Waals surface area contributed by atoms with Gasteiger partial charge < -0.3 is 9.47 Å². The summed E-state index contributed by atoms with van der Waals surface area (Å²) in [6.07, 6.45) is 5.03. The van der Waals surface area contributed by atoms with E-state index in [4.69, 9.17) is 9.47 Å². The van der Waals surface area contributed by atoms with Crippen LogP contribution in [0, 0.1) is 5.92 Å². The third-order valence-corrected chi connectivity index (χ3v) is 4.10. The number of benzene rings is 1. The molecule has 0 amide bonds. The predicted molar refractivity (Wildman–Crippen MR) is 88.2 cm³/mol. The molecule has 0 saturated carbocycles. The van der Waals surface area contributed by atoms with Gasteiger partial charge in [-0.05, 0) is 62.1 Å². The molecule has 1 heterocycles. The third-order valence-electron chi connectivity index (χ3n) is 4.10. The highest BCUT2D eigenvalue weighted by Crippen LogP contribution is 2.38. The third kappa shape index (κ3) is 3.21. The van der Waals surface area contributed by atoms with Crippen LogP contribution in [0.2, 0.25) is 0 Å². The van der Waals surface area contributed by atoms with Gasteiger partial charge >= 0.3 is 0 Å². The van der Waals surface area contributed by atoms with E-state index in [2.05, 4.69) is 4.98 Å². The van der Waals surface area contributed by atoms with Gasteiger partial charge in [0.15, 0.2) is 17.3 Å². The maximum absolute atomic E-state index is 12.7. The number of carbonyl (C=O) groups excluding carboxylic acids is 1. The number of nitrogens with zero attached hydrogens (tertiary/aromatic N) is 1. The summed E-state index contributed by atoms with van der Waals surface area (Å²) < 4.78 is 11.3. The molecule has 1 unspecified atom stereocenters. The minimum absolute atomic E-state index is 0.0150. The van der Waals surface area contributed by atoms with Crippen molar-refractivity contribution in [3.05, 3.63) is 53.3 Å². The van der Waals surface area contributed by atoms with Gasteiger partial charge in [-0.15, -0.1) is 0 Å². The fraction of sp³-hybridized carbons (Fsp3) is 0.368. The Labute approximate surface area is 136 Å². The lowest BCUT2D eigenvalue weighted by Crippen LogP contribution is -2.12. The summed E-state index contributed by atoms with van der Waals surface area (Å²) in [5.74, 6) is 1.57. The molecule has 0 N–H and O–H groups in total. The van der Waals surface area contributed by atoms with E-state index in [-0.39, 0.29) is 11.7 Å². The minimum Gasteiger partial charge on any atom is -0.490 e. The largest absolute Gasteiger partial charge is 0.490 e. The number of ketones is 1. The SMILES string of the molecule is CCOc1cc2c(cc1OCC)C(=O)C(Cc1ccncc1)C2. The Kier molecular flexibility index (Phi) is 4.60. The van der Waals surface area contributed by atoms with Gasteiger partial charge in [0, 0.05) is 23.9 Å². The summed E-state index contributed by atoms with van der Waals surface area (Å²) in [6.45, 7) is 5.00. The van der Waals surface area contributed by atoms with Crippen LogP contribution in [0.4, 0.5) is 0 Å². The first-order valence-electron chi connectivity index (χ1n) is 8.08. The average molecular weight is 311 g/mol. The Morgan fingerprint density at radius 1 is 1.09 bits per heavy atom. The van der Waals surface area contributed by atoms with E-state index < -0.39 is 0 Å². The number of pyridine rings is 1. The standard InChI is InChI=1S/C19H21NO3/c1-3-22-17-11-14-10-15(9-13-5-7-20-8-6-13)19(21)16(14)12-18(17)23-4-2/h5-8,11-12,15H,3-4,9-10H2,1-2H3. The molecule has 2 aromatic rings. The van der Waals surface area contributed by atoms with Crippen LogP contribution >= 0.6 is 0 Å². The Morgan fingerprint density at radius 3 is 2.39 bits per heavy atom. The second-order valence-corrected chi connectivity index (χ2v) is 5.65. The zero-order chi connectivity index (χ0) is 16.2. The van der Waals surface area contributed by atoms with Gasteiger partial charge in [0.25, 0.3) is 0 Å². The van der Waals surface area contributed by atoms with Crippen molar-refractivity contribution >= 4 is 5.78 Å². The zero-order valence-electron chi connectivity index (χ0n) is 13.5. The lowest BCUT2D eigenvalue weighted by atomic mass is 9.96. The van der Waals surface area contributed by atoms with E-state index >= 15 is 0 Å². The molecule has 0 radical (unpaired) electrons. The Hall–Kier alpha value is -2.36. The van der Waals surface area contributed by atoms with E-state index in [0.717, 1.165) is 35.3 Å². The number of aromatic nitrogens is 1. The van der Waals surface area contributed by atoms with Crippen LogP contribution in [0.5, 0.6) is 11.5 Å². The van der Waals surface area contributed by atoms with Crippen LogP contribution < -0.4 is 9.47 Å². The van der Waals surface area contributed by atoms with Crippen molar-refractivity contribution in [1.29, 1.82) is 0 Å². The molecule has 1 aromatic carbocycles. The van der Waals surface area contributed by atoms with Crippen molar-refractivity contribution in [2.24, 2.45) is 5.92 Å². The van der Waals surface area contributed by atoms with E-state index in [1.807, 2.05) is 38.1 Å². The molecule has 3 rings (SSSR count). The number of ether oxygens (including phenoxy) is 2. The highest BCUT2D eigenvalue weighted by molar-refractivity contribution is 6.03. The normalized spacial score (nSPS) is 16.3. The maximum Gasteiger partial charge on any atom is 0.167 e. The second-order valence-electron chi connectivity index (χ2n) is 5.65. The quantitative estimate of drug-likeness (QED) is 0.819. The summed E-state index contributed by atoms with van der Waals surface area (Å²) in [7, 11) is 0. The van der Waals surface area contributed by atoms with Crippen molar-refractivity contribution in [2.75, 3.05) is 13.2 Å². The molecule has 1 aliphatic carbocycles.